The molecule has 108 valence electrons. The lowest BCUT2D eigenvalue weighted by atomic mass is 10.2. The summed E-state index contributed by atoms with van der Waals surface area (Å²) in [4.78, 5) is 12.3. The molecule has 0 aliphatic rings. The summed E-state index contributed by atoms with van der Waals surface area (Å²) in [6.07, 6.45) is 1.66. The number of hydrogen-bond donors (Lipinski definition) is 2. The van der Waals surface area contributed by atoms with E-state index >= 15 is 0 Å². The highest BCUT2D eigenvalue weighted by molar-refractivity contribution is 6.04. The molecule has 0 saturated heterocycles. The average molecular weight is 286 g/mol. The maximum Gasteiger partial charge on any atom is 0.272 e. The molecule has 21 heavy (non-hydrogen) atoms. The van der Waals surface area contributed by atoms with Crippen LogP contribution in [0.25, 0.3) is 0 Å². The molecule has 0 atom stereocenters. The van der Waals surface area contributed by atoms with Crippen LogP contribution in [-0.2, 0) is 0 Å². The first-order chi connectivity index (χ1) is 9.93. The Morgan fingerprint density at radius 3 is 2.81 bits per heavy atom. The number of carbonyl (C=O) groups is 1. The second-order valence-corrected chi connectivity index (χ2v) is 4.89. The number of nitrogens with two attached hydrogens (primary N) is 1. The Balaban J connectivity index is 2.36. The van der Waals surface area contributed by atoms with Gasteiger partial charge in [0.1, 0.15) is 23.1 Å². The van der Waals surface area contributed by atoms with Crippen LogP contribution in [0.5, 0.6) is 0 Å². The first-order valence-corrected chi connectivity index (χ1v) is 6.41. The Labute approximate surface area is 121 Å². The van der Waals surface area contributed by atoms with Gasteiger partial charge in [0, 0.05) is 12.2 Å². The van der Waals surface area contributed by atoms with Crippen molar-refractivity contribution in [2.45, 2.75) is 19.9 Å². The third kappa shape index (κ3) is 2.87. The van der Waals surface area contributed by atoms with E-state index in [1.807, 2.05) is 13.8 Å². The van der Waals surface area contributed by atoms with Crippen LogP contribution in [0.2, 0.25) is 0 Å². The predicted molar refractivity (Wildman–Crippen MR) is 78.3 cm³/mol. The first kappa shape index (κ1) is 14.6. The van der Waals surface area contributed by atoms with Crippen LogP contribution in [0.4, 0.5) is 15.8 Å². The van der Waals surface area contributed by atoms with Crippen molar-refractivity contribution in [2.24, 2.45) is 0 Å². The third-order valence-electron chi connectivity index (χ3n) is 3.03. The smallest absolute Gasteiger partial charge is 0.272 e. The molecular formula is C15H15FN4O. The van der Waals surface area contributed by atoms with Gasteiger partial charge in [0.05, 0.1) is 11.4 Å². The van der Waals surface area contributed by atoms with E-state index in [-0.39, 0.29) is 17.3 Å². The highest BCUT2D eigenvalue weighted by Gasteiger charge is 2.17. The van der Waals surface area contributed by atoms with E-state index in [1.54, 1.807) is 22.9 Å². The molecular weight excluding hydrogens is 271 g/mol. The molecule has 2 aromatic rings. The summed E-state index contributed by atoms with van der Waals surface area (Å²) in [5.74, 6) is -1.11. The molecule has 0 spiro atoms. The molecule has 0 unspecified atom stereocenters. The minimum atomic E-state index is -0.672. The normalized spacial score (nSPS) is 10.4. The molecule has 6 heteroatoms. The number of anilines is 2. The summed E-state index contributed by atoms with van der Waals surface area (Å²) in [5.41, 5.74) is 6.48. The highest BCUT2D eigenvalue weighted by Crippen LogP contribution is 2.21. The van der Waals surface area contributed by atoms with Gasteiger partial charge < -0.3 is 15.6 Å². The number of halogens is 1. The number of aromatic nitrogens is 1. The van der Waals surface area contributed by atoms with Gasteiger partial charge in [-0.25, -0.2) is 4.39 Å². The molecule has 1 aromatic carbocycles. The molecule has 2 rings (SSSR count). The van der Waals surface area contributed by atoms with E-state index in [1.165, 1.54) is 18.2 Å². The van der Waals surface area contributed by atoms with Crippen molar-refractivity contribution >= 4 is 17.3 Å². The Bertz CT molecular complexity index is 728. The molecule has 0 radical (unpaired) electrons. The van der Waals surface area contributed by atoms with Gasteiger partial charge in [-0.15, -0.1) is 0 Å². The number of hydrogen-bond acceptors (Lipinski definition) is 3. The summed E-state index contributed by atoms with van der Waals surface area (Å²) in [6.45, 7) is 3.83. The van der Waals surface area contributed by atoms with Gasteiger partial charge in [0.15, 0.2) is 0 Å². The number of nitriles is 1. The Morgan fingerprint density at radius 1 is 1.48 bits per heavy atom. The fourth-order valence-electron chi connectivity index (χ4n) is 2.04. The Hall–Kier alpha value is -2.81. The van der Waals surface area contributed by atoms with Crippen LogP contribution < -0.4 is 11.1 Å². The van der Waals surface area contributed by atoms with Crippen LogP contribution >= 0.6 is 0 Å². The molecule has 5 nitrogen and oxygen atoms in total. The fourth-order valence-corrected chi connectivity index (χ4v) is 2.04. The van der Waals surface area contributed by atoms with Crippen molar-refractivity contribution in [2.75, 3.05) is 11.1 Å². The third-order valence-corrected chi connectivity index (χ3v) is 3.03. The first-order valence-electron chi connectivity index (χ1n) is 6.41. The number of benzene rings is 1. The van der Waals surface area contributed by atoms with Gasteiger partial charge in [-0.05, 0) is 32.0 Å². The lowest BCUT2D eigenvalue weighted by Crippen LogP contribution is -2.18. The topological polar surface area (TPSA) is 83.8 Å². The second kappa shape index (κ2) is 5.67. The molecule has 0 aliphatic heterocycles. The summed E-state index contributed by atoms with van der Waals surface area (Å²) < 4.78 is 15.2. The van der Waals surface area contributed by atoms with Crippen molar-refractivity contribution in [1.82, 2.24) is 4.57 Å². The summed E-state index contributed by atoms with van der Waals surface area (Å²) in [7, 11) is 0. The molecule has 0 saturated carbocycles. The van der Waals surface area contributed by atoms with Crippen molar-refractivity contribution in [1.29, 1.82) is 5.26 Å². The van der Waals surface area contributed by atoms with Crippen LogP contribution in [-0.4, -0.2) is 10.5 Å². The van der Waals surface area contributed by atoms with Crippen LogP contribution in [0, 0.1) is 17.1 Å². The van der Waals surface area contributed by atoms with Crippen molar-refractivity contribution < 1.29 is 9.18 Å². The summed E-state index contributed by atoms with van der Waals surface area (Å²) >= 11 is 0. The molecule has 1 aromatic heterocycles. The van der Waals surface area contributed by atoms with Crippen molar-refractivity contribution in [3.05, 3.63) is 47.5 Å². The van der Waals surface area contributed by atoms with E-state index in [0.29, 0.717) is 11.4 Å². The van der Waals surface area contributed by atoms with Gasteiger partial charge in [0.25, 0.3) is 5.91 Å². The number of nitrogen functional groups attached to an aromatic ring is 1. The molecule has 0 aliphatic carbocycles. The number of rotatable bonds is 3. The second-order valence-electron chi connectivity index (χ2n) is 4.89. The molecule has 3 N–H and O–H groups in total. The fraction of sp³-hybridized carbons (Fsp3) is 0.200. The predicted octanol–water partition coefficient (Wildman–Crippen LogP) is 2.91. The maximum atomic E-state index is 13.5. The van der Waals surface area contributed by atoms with Gasteiger partial charge in [-0.1, -0.05) is 6.07 Å². The maximum absolute atomic E-state index is 13.5. The molecule has 1 amide bonds. The molecule has 0 bridgehead atoms. The number of nitrogens with one attached hydrogen (secondary N) is 1. The lowest BCUT2D eigenvalue weighted by molar-refractivity contribution is 0.101. The van der Waals surface area contributed by atoms with E-state index in [9.17, 15) is 9.18 Å². The zero-order chi connectivity index (χ0) is 15.6. The quantitative estimate of drug-likeness (QED) is 0.909. The highest BCUT2D eigenvalue weighted by atomic mass is 19.1. The zero-order valence-corrected chi connectivity index (χ0v) is 11.7. The minimum absolute atomic E-state index is 0.0472. The summed E-state index contributed by atoms with van der Waals surface area (Å²) in [5, 5.41) is 11.5. The van der Waals surface area contributed by atoms with E-state index < -0.39 is 11.7 Å². The Morgan fingerprint density at radius 2 is 2.19 bits per heavy atom. The van der Waals surface area contributed by atoms with Crippen molar-refractivity contribution in [3.8, 4) is 6.07 Å². The van der Waals surface area contributed by atoms with Crippen LogP contribution in [0.15, 0.2) is 30.5 Å². The molecule has 0 fully saturated rings. The lowest BCUT2D eigenvalue weighted by Gasteiger charge is -2.13. The van der Waals surface area contributed by atoms with Gasteiger partial charge in [-0.2, -0.15) is 5.26 Å². The van der Waals surface area contributed by atoms with E-state index in [4.69, 9.17) is 11.0 Å². The minimum Gasteiger partial charge on any atom is -0.397 e. The van der Waals surface area contributed by atoms with Gasteiger partial charge in [0.2, 0.25) is 0 Å². The average Bonchev–Trinajstić information content (AvgIpc) is 2.81. The standard InChI is InChI=1S/C15H15FN4O/c1-9(2)20-8-10(18)6-14(20)15(21)19-13-5-3-4-12(16)11(13)7-17/h3-6,8-9H,18H2,1-2H3,(H,19,21). The number of carbonyl (C=O) groups excluding carboxylic acids is 1. The zero-order valence-electron chi connectivity index (χ0n) is 11.7. The van der Waals surface area contributed by atoms with Crippen LogP contribution in [0.1, 0.15) is 35.9 Å². The van der Waals surface area contributed by atoms with E-state index in [2.05, 4.69) is 5.32 Å². The summed E-state index contributed by atoms with van der Waals surface area (Å²) in [6, 6.07) is 7.41. The number of nitrogens with zero attached hydrogens (tertiary/aromatic N) is 2. The SMILES string of the molecule is CC(C)n1cc(N)cc1C(=O)Nc1cccc(F)c1C#N. The van der Waals surface area contributed by atoms with Crippen molar-refractivity contribution in [3.63, 3.8) is 0 Å². The number of amides is 1. The van der Waals surface area contributed by atoms with E-state index in [0.717, 1.165) is 0 Å². The Kier molecular flexibility index (Phi) is 3.94. The molecule has 1 heterocycles. The van der Waals surface area contributed by atoms with Gasteiger partial charge in [-0.3, -0.25) is 4.79 Å². The van der Waals surface area contributed by atoms with Crippen LogP contribution in [0.3, 0.4) is 0 Å². The van der Waals surface area contributed by atoms with Gasteiger partial charge >= 0.3 is 0 Å². The largest absolute Gasteiger partial charge is 0.397 e. The monoisotopic (exact) mass is 286 g/mol.